The summed E-state index contributed by atoms with van der Waals surface area (Å²) >= 11 is 12.9. The number of nitrogens with one attached hydrogen (secondary N) is 2. The maximum atomic E-state index is 16.8. The first-order valence-electron chi connectivity index (χ1n) is 14.6. The van der Waals surface area contributed by atoms with Gasteiger partial charge in [-0.1, -0.05) is 35.3 Å². The summed E-state index contributed by atoms with van der Waals surface area (Å²) in [5, 5.41) is 18.3. The molecule has 222 valence electrons. The molecular formula is C33H28Cl2FN7O. The van der Waals surface area contributed by atoms with Crippen LogP contribution in [0, 0.1) is 30.0 Å². The number of benzene rings is 2. The summed E-state index contributed by atoms with van der Waals surface area (Å²) in [5.41, 5.74) is 4.38. The van der Waals surface area contributed by atoms with Crippen LogP contribution in [-0.2, 0) is 6.42 Å². The highest BCUT2D eigenvalue weighted by atomic mass is 35.5. The number of halogens is 3. The molecule has 0 spiro atoms. The fourth-order valence-electron chi connectivity index (χ4n) is 6.94. The van der Waals surface area contributed by atoms with E-state index in [-0.39, 0.29) is 46.7 Å². The lowest BCUT2D eigenvalue weighted by Crippen LogP contribution is -2.40. The Morgan fingerprint density at radius 2 is 2.11 bits per heavy atom. The van der Waals surface area contributed by atoms with Crippen molar-refractivity contribution in [1.29, 1.82) is 5.26 Å². The van der Waals surface area contributed by atoms with Gasteiger partial charge in [0.05, 0.1) is 33.7 Å². The number of fused-ring (bicyclic) bond motifs is 4. The normalized spacial score (nSPS) is 19.6. The summed E-state index contributed by atoms with van der Waals surface area (Å²) < 4.78 is 19.1. The van der Waals surface area contributed by atoms with Gasteiger partial charge in [-0.3, -0.25) is 4.79 Å². The third-order valence-electron chi connectivity index (χ3n) is 9.04. The fourth-order valence-corrected chi connectivity index (χ4v) is 7.34. The molecule has 2 aromatic carbocycles. The first-order chi connectivity index (χ1) is 21.3. The van der Waals surface area contributed by atoms with Crippen LogP contribution in [0.25, 0.3) is 32.9 Å². The third kappa shape index (κ3) is 4.52. The van der Waals surface area contributed by atoms with Crippen molar-refractivity contribution in [3.8, 4) is 17.2 Å². The molecule has 8 rings (SSSR count). The highest BCUT2D eigenvalue weighted by Crippen LogP contribution is 2.49. The molecule has 5 aromatic rings. The predicted octanol–water partition coefficient (Wildman–Crippen LogP) is 6.88. The first kappa shape index (κ1) is 28.7. The zero-order valence-corrected chi connectivity index (χ0v) is 25.5. The number of carbonyl (C=O) groups is 1. The summed E-state index contributed by atoms with van der Waals surface area (Å²) in [4.78, 5) is 25.9. The van der Waals surface area contributed by atoms with Gasteiger partial charge in [0.1, 0.15) is 17.5 Å². The average Bonchev–Trinajstić information content (AvgIpc) is 3.76. The van der Waals surface area contributed by atoms with Crippen molar-refractivity contribution in [3.05, 3.63) is 87.4 Å². The van der Waals surface area contributed by atoms with E-state index < -0.39 is 5.82 Å². The Labute approximate surface area is 263 Å². The lowest BCUT2D eigenvalue weighted by molar-refractivity contribution is 0.0931. The van der Waals surface area contributed by atoms with Crippen LogP contribution in [0.4, 0.5) is 4.39 Å². The molecule has 2 saturated heterocycles. The minimum Gasteiger partial charge on any atom is -0.343 e. The number of hydrogen-bond acceptors (Lipinski definition) is 6. The van der Waals surface area contributed by atoms with E-state index in [1.807, 2.05) is 19.9 Å². The average molecular weight is 629 g/mol. The third-order valence-corrected chi connectivity index (χ3v) is 9.86. The minimum atomic E-state index is -0.501. The van der Waals surface area contributed by atoms with Crippen molar-refractivity contribution >= 4 is 50.9 Å². The molecule has 2 aliphatic heterocycles. The number of amides is 1. The van der Waals surface area contributed by atoms with Crippen LogP contribution in [-0.4, -0.2) is 38.0 Å². The summed E-state index contributed by atoms with van der Waals surface area (Å²) in [7, 11) is 0. The standard InChI is InChI=1S/C33H28Cl2FN7O/c1-16-21-13-26(17(2)42-33(44)24-8-10-38-15-40-24)43(31-19-12-25(31)39-14-19)32(21)22-11-18(5-4-9-37)27(29(36)30(22)41-16)20-6-3-7-23(34)28(20)35/h3,6-8,10-11,13,15,17,19,25,31,39H,4-5,12,14H2,1-2H3,(H,42,44)/t17?,19-,25-,31+/m1/s1. The van der Waals surface area contributed by atoms with Crippen molar-refractivity contribution in [2.24, 2.45) is 5.92 Å². The van der Waals surface area contributed by atoms with Crippen LogP contribution in [0.2, 0.25) is 10.0 Å². The Bertz CT molecular complexity index is 1990. The smallest absolute Gasteiger partial charge is 0.270 e. The fraction of sp³-hybridized carbons (Fsp3) is 0.303. The lowest BCUT2D eigenvalue weighted by atomic mass is 9.79. The number of nitriles is 1. The number of rotatable bonds is 7. The van der Waals surface area contributed by atoms with Crippen molar-refractivity contribution in [2.45, 2.75) is 51.2 Å². The van der Waals surface area contributed by atoms with Crippen LogP contribution >= 0.6 is 23.2 Å². The Hall–Kier alpha value is -4.10. The molecule has 1 amide bonds. The Morgan fingerprint density at radius 1 is 1.27 bits per heavy atom. The SMILES string of the molecule is Cc1nc2c(F)c(-c3cccc(Cl)c3Cl)c(CCC#N)cc2c2c1cc(C(C)NC(=O)c1ccncn1)n2[C@H]1[C@H]2CN[C@@H]1C2. The zero-order valence-electron chi connectivity index (χ0n) is 24.0. The van der Waals surface area contributed by atoms with Gasteiger partial charge < -0.3 is 15.2 Å². The van der Waals surface area contributed by atoms with Crippen LogP contribution in [0.1, 0.15) is 59.3 Å². The van der Waals surface area contributed by atoms with Gasteiger partial charge in [0.15, 0.2) is 5.82 Å². The lowest BCUT2D eigenvalue weighted by Gasteiger charge is -2.38. The van der Waals surface area contributed by atoms with Crippen molar-refractivity contribution in [3.63, 3.8) is 0 Å². The van der Waals surface area contributed by atoms with Crippen molar-refractivity contribution in [1.82, 2.24) is 30.2 Å². The summed E-state index contributed by atoms with van der Waals surface area (Å²) in [6, 6.07) is 12.9. The molecule has 2 bridgehead atoms. The Balaban J connectivity index is 1.48. The first-order valence-corrected chi connectivity index (χ1v) is 15.3. The van der Waals surface area contributed by atoms with Gasteiger partial charge in [-0.2, -0.15) is 5.26 Å². The molecule has 11 heteroatoms. The van der Waals surface area contributed by atoms with Gasteiger partial charge in [-0.05, 0) is 62.4 Å². The molecule has 3 aromatic heterocycles. The van der Waals surface area contributed by atoms with Crippen LogP contribution in [0.3, 0.4) is 0 Å². The largest absolute Gasteiger partial charge is 0.343 e. The molecule has 1 saturated carbocycles. The number of pyridine rings is 1. The minimum absolute atomic E-state index is 0.138. The summed E-state index contributed by atoms with van der Waals surface area (Å²) in [6.07, 6.45) is 4.47. The number of carbonyl (C=O) groups excluding carboxylic acids is 1. The van der Waals surface area contributed by atoms with E-state index in [1.165, 1.54) is 12.5 Å². The van der Waals surface area contributed by atoms with Gasteiger partial charge in [-0.15, -0.1) is 0 Å². The number of hydrogen-bond donors (Lipinski definition) is 2. The van der Waals surface area contributed by atoms with E-state index in [0.717, 1.165) is 29.6 Å². The number of aromatic nitrogens is 4. The molecule has 2 N–H and O–H groups in total. The van der Waals surface area contributed by atoms with Crippen molar-refractivity contribution in [2.75, 3.05) is 6.54 Å². The predicted molar refractivity (Wildman–Crippen MR) is 168 cm³/mol. The van der Waals surface area contributed by atoms with Gasteiger partial charge in [0, 0.05) is 58.5 Å². The summed E-state index contributed by atoms with van der Waals surface area (Å²) in [6.45, 7) is 4.72. The molecule has 3 fully saturated rings. The van der Waals surface area contributed by atoms with E-state index in [1.54, 1.807) is 24.3 Å². The van der Waals surface area contributed by atoms with E-state index >= 15 is 4.39 Å². The second-order valence-electron chi connectivity index (χ2n) is 11.6. The topological polar surface area (TPSA) is 109 Å². The van der Waals surface area contributed by atoms with Crippen LogP contribution in [0.5, 0.6) is 0 Å². The number of aryl methyl sites for hydroxylation is 2. The maximum absolute atomic E-state index is 16.8. The molecule has 8 nitrogen and oxygen atoms in total. The Morgan fingerprint density at radius 3 is 2.82 bits per heavy atom. The highest BCUT2D eigenvalue weighted by Gasteiger charge is 2.49. The maximum Gasteiger partial charge on any atom is 0.270 e. The molecule has 1 aliphatic carbocycles. The highest BCUT2D eigenvalue weighted by molar-refractivity contribution is 6.43. The van der Waals surface area contributed by atoms with E-state index in [0.29, 0.717) is 45.1 Å². The zero-order chi connectivity index (χ0) is 30.7. The van der Waals surface area contributed by atoms with Crippen LogP contribution in [0.15, 0.2) is 48.9 Å². The second-order valence-corrected chi connectivity index (χ2v) is 12.4. The van der Waals surface area contributed by atoms with Gasteiger partial charge in [0.25, 0.3) is 5.91 Å². The molecular weight excluding hydrogens is 600 g/mol. The molecule has 44 heavy (non-hydrogen) atoms. The number of nitrogens with zero attached hydrogens (tertiary/aromatic N) is 5. The van der Waals surface area contributed by atoms with Gasteiger partial charge >= 0.3 is 0 Å². The van der Waals surface area contributed by atoms with Crippen molar-refractivity contribution < 1.29 is 9.18 Å². The van der Waals surface area contributed by atoms with E-state index in [2.05, 4.69) is 37.3 Å². The van der Waals surface area contributed by atoms with Gasteiger partial charge in [-0.25, -0.2) is 19.3 Å². The van der Waals surface area contributed by atoms with E-state index in [9.17, 15) is 10.1 Å². The van der Waals surface area contributed by atoms with Crippen LogP contribution < -0.4 is 10.6 Å². The molecule has 4 atom stereocenters. The quantitative estimate of drug-likeness (QED) is 0.204. The molecule has 0 radical (unpaired) electrons. The summed E-state index contributed by atoms with van der Waals surface area (Å²) in [5.74, 6) is -0.396. The van der Waals surface area contributed by atoms with Gasteiger partial charge in [0.2, 0.25) is 0 Å². The monoisotopic (exact) mass is 627 g/mol. The van der Waals surface area contributed by atoms with E-state index in [4.69, 9.17) is 28.2 Å². The molecule has 5 heterocycles. The Kier molecular flexibility index (Phi) is 7.24. The second kappa shape index (κ2) is 11.1. The molecule has 1 unspecified atom stereocenters. The molecule has 3 aliphatic rings.